The molecular formula is C26H19Cl2F3N2O4. The summed E-state index contributed by atoms with van der Waals surface area (Å²) in [5.74, 6) is -3.12. The molecule has 0 aliphatic carbocycles. The summed E-state index contributed by atoms with van der Waals surface area (Å²) >= 11 is 11.7. The molecule has 0 radical (unpaired) electrons. The van der Waals surface area contributed by atoms with Crippen molar-refractivity contribution in [1.29, 1.82) is 0 Å². The first-order valence-corrected chi connectivity index (χ1v) is 11.4. The number of amides is 2. The number of rotatable bonds is 8. The van der Waals surface area contributed by atoms with Crippen molar-refractivity contribution in [3.63, 3.8) is 0 Å². The number of carbonyl (C=O) groups excluding carboxylic acids is 2. The lowest BCUT2D eigenvalue weighted by molar-refractivity contribution is -0.141. The highest BCUT2D eigenvalue weighted by molar-refractivity contribution is 6.30. The monoisotopic (exact) mass is 550 g/mol. The molecule has 0 aliphatic heterocycles. The first-order chi connectivity index (χ1) is 17.4. The van der Waals surface area contributed by atoms with E-state index in [1.807, 2.05) is 0 Å². The summed E-state index contributed by atoms with van der Waals surface area (Å²) in [4.78, 5) is 37.7. The molecule has 3 N–H and O–H groups in total. The van der Waals surface area contributed by atoms with Crippen LogP contribution in [0.15, 0.2) is 78.5 Å². The van der Waals surface area contributed by atoms with Gasteiger partial charge in [0, 0.05) is 22.0 Å². The Labute approximate surface area is 219 Å². The van der Waals surface area contributed by atoms with Gasteiger partial charge in [-0.25, -0.2) is 4.79 Å². The molecule has 3 aromatic carbocycles. The average molecular weight is 551 g/mol. The Morgan fingerprint density at radius 1 is 0.919 bits per heavy atom. The molecule has 2 amide bonds. The third-order valence-corrected chi connectivity index (χ3v) is 5.58. The number of benzene rings is 3. The number of carbonyl (C=O) groups is 3. The van der Waals surface area contributed by atoms with Crippen LogP contribution in [0.5, 0.6) is 0 Å². The van der Waals surface area contributed by atoms with Gasteiger partial charge in [-0.3, -0.25) is 9.59 Å². The zero-order chi connectivity index (χ0) is 27.2. The molecular weight excluding hydrogens is 532 g/mol. The predicted octanol–water partition coefficient (Wildman–Crippen LogP) is 5.60. The van der Waals surface area contributed by atoms with Crippen molar-refractivity contribution >= 4 is 47.1 Å². The van der Waals surface area contributed by atoms with Crippen LogP contribution in [0.3, 0.4) is 0 Å². The van der Waals surface area contributed by atoms with Gasteiger partial charge in [-0.15, -0.1) is 0 Å². The molecule has 3 rings (SSSR count). The second kappa shape index (κ2) is 11.9. The first kappa shape index (κ1) is 27.8. The van der Waals surface area contributed by atoms with Gasteiger partial charge in [-0.1, -0.05) is 47.5 Å². The van der Waals surface area contributed by atoms with Crippen LogP contribution in [-0.2, 0) is 22.2 Å². The molecule has 37 heavy (non-hydrogen) atoms. The van der Waals surface area contributed by atoms with Crippen LogP contribution in [-0.4, -0.2) is 28.9 Å². The van der Waals surface area contributed by atoms with Gasteiger partial charge in [-0.05, 0) is 65.7 Å². The van der Waals surface area contributed by atoms with Crippen LogP contribution in [0.4, 0.5) is 13.2 Å². The van der Waals surface area contributed by atoms with E-state index in [-0.39, 0.29) is 17.5 Å². The van der Waals surface area contributed by atoms with Crippen molar-refractivity contribution in [3.05, 3.63) is 111 Å². The van der Waals surface area contributed by atoms with E-state index in [9.17, 15) is 32.7 Å². The van der Waals surface area contributed by atoms with Gasteiger partial charge in [0.05, 0.1) is 5.56 Å². The first-order valence-electron chi connectivity index (χ1n) is 10.7. The minimum atomic E-state index is -4.63. The van der Waals surface area contributed by atoms with Crippen molar-refractivity contribution in [1.82, 2.24) is 10.6 Å². The lowest BCUT2D eigenvalue weighted by atomic mass is 10.1. The van der Waals surface area contributed by atoms with Gasteiger partial charge in [0.2, 0.25) is 0 Å². The van der Waals surface area contributed by atoms with Crippen LogP contribution in [0.2, 0.25) is 10.0 Å². The van der Waals surface area contributed by atoms with Gasteiger partial charge < -0.3 is 15.7 Å². The van der Waals surface area contributed by atoms with Crippen LogP contribution in [0.25, 0.3) is 6.08 Å². The molecule has 6 nitrogen and oxygen atoms in total. The van der Waals surface area contributed by atoms with Crippen molar-refractivity contribution in [2.24, 2.45) is 0 Å². The van der Waals surface area contributed by atoms with E-state index in [1.165, 1.54) is 30.3 Å². The van der Waals surface area contributed by atoms with Gasteiger partial charge in [0.1, 0.15) is 11.7 Å². The SMILES string of the molecule is O=C(NC(Cc1ccc(Cl)cc1)C(=O)O)/C(=C\c1cccc(C(F)(F)F)c1)NC(=O)c1ccc(Cl)cc1. The minimum Gasteiger partial charge on any atom is -0.480 e. The van der Waals surface area contributed by atoms with E-state index >= 15 is 0 Å². The van der Waals surface area contributed by atoms with Crippen molar-refractivity contribution in [3.8, 4) is 0 Å². The summed E-state index contributed by atoms with van der Waals surface area (Å²) in [6.07, 6.45) is -3.72. The Morgan fingerprint density at radius 2 is 1.51 bits per heavy atom. The molecule has 0 spiro atoms. The molecule has 1 unspecified atom stereocenters. The molecule has 0 aliphatic rings. The summed E-state index contributed by atoms with van der Waals surface area (Å²) in [6.45, 7) is 0. The van der Waals surface area contributed by atoms with Gasteiger partial charge in [-0.2, -0.15) is 13.2 Å². The molecule has 0 saturated heterocycles. The summed E-state index contributed by atoms with van der Waals surface area (Å²) in [5.41, 5.74) is -0.785. The Kier molecular flexibility index (Phi) is 8.96. The number of carboxylic acids is 1. The van der Waals surface area contributed by atoms with E-state index in [0.29, 0.717) is 15.6 Å². The van der Waals surface area contributed by atoms with E-state index in [2.05, 4.69) is 10.6 Å². The highest BCUT2D eigenvalue weighted by atomic mass is 35.5. The molecule has 11 heteroatoms. The molecule has 0 saturated carbocycles. The quantitative estimate of drug-likeness (QED) is 0.318. The molecule has 3 aromatic rings. The highest BCUT2D eigenvalue weighted by Gasteiger charge is 2.30. The predicted molar refractivity (Wildman–Crippen MR) is 133 cm³/mol. The van der Waals surface area contributed by atoms with Gasteiger partial charge in [0.15, 0.2) is 0 Å². The molecule has 1 atom stereocenters. The normalized spacial score (nSPS) is 12.5. The third-order valence-electron chi connectivity index (χ3n) is 5.08. The number of aliphatic carboxylic acids is 1. The molecule has 0 aromatic heterocycles. The fourth-order valence-electron chi connectivity index (χ4n) is 3.22. The van der Waals surface area contributed by atoms with E-state index < -0.39 is 41.3 Å². The van der Waals surface area contributed by atoms with Crippen LogP contribution in [0.1, 0.15) is 27.0 Å². The summed E-state index contributed by atoms with van der Waals surface area (Å²) in [6, 6.07) is 14.6. The molecule has 0 heterocycles. The fourth-order valence-corrected chi connectivity index (χ4v) is 3.47. The molecule has 0 bridgehead atoms. The van der Waals surface area contributed by atoms with Crippen molar-refractivity contribution in [2.75, 3.05) is 0 Å². The van der Waals surface area contributed by atoms with Crippen LogP contribution in [0, 0.1) is 0 Å². The van der Waals surface area contributed by atoms with Crippen molar-refractivity contribution in [2.45, 2.75) is 18.6 Å². The maximum absolute atomic E-state index is 13.2. The smallest absolute Gasteiger partial charge is 0.416 e. The zero-order valence-electron chi connectivity index (χ0n) is 18.9. The number of carboxylic acid groups (broad SMARTS) is 1. The summed E-state index contributed by atoms with van der Waals surface area (Å²) in [7, 11) is 0. The maximum atomic E-state index is 13.2. The number of nitrogens with one attached hydrogen (secondary N) is 2. The van der Waals surface area contributed by atoms with Gasteiger partial charge >= 0.3 is 12.1 Å². The maximum Gasteiger partial charge on any atom is 0.416 e. The third kappa shape index (κ3) is 8.09. The number of hydrogen-bond acceptors (Lipinski definition) is 3. The highest BCUT2D eigenvalue weighted by Crippen LogP contribution is 2.30. The topological polar surface area (TPSA) is 95.5 Å². The Morgan fingerprint density at radius 3 is 2.08 bits per heavy atom. The number of halogens is 5. The summed E-state index contributed by atoms with van der Waals surface area (Å²) in [5, 5.41) is 15.1. The fraction of sp³-hybridized carbons (Fsp3) is 0.115. The number of alkyl halides is 3. The average Bonchev–Trinajstić information content (AvgIpc) is 2.84. The molecule has 192 valence electrons. The summed E-state index contributed by atoms with van der Waals surface area (Å²) < 4.78 is 39.5. The number of hydrogen-bond donors (Lipinski definition) is 3. The van der Waals surface area contributed by atoms with E-state index in [1.54, 1.807) is 24.3 Å². The Balaban J connectivity index is 1.92. The van der Waals surface area contributed by atoms with Crippen LogP contribution < -0.4 is 10.6 Å². The van der Waals surface area contributed by atoms with E-state index in [4.69, 9.17) is 23.2 Å². The second-order valence-electron chi connectivity index (χ2n) is 7.84. The standard InChI is InChI=1S/C26H19Cl2F3N2O4/c27-19-8-4-15(5-9-19)13-22(25(36)37)33-24(35)21(32-23(34)17-6-10-20(28)11-7-17)14-16-2-1-3-18(12-16)26(29,30)31/h1-12,14,22H,13H2,(H,32,34)(H,33,35)(H,36,37)/b21-14+. The zero-order valence-corrected chi connectivity index (χ0v) is 20.4. The van der Waals surface area contributed by atoms with Crippen molar-refractivity contribution < 1.29 is 32.7 Å². The largest absolute Gasteiger partial charge is 0.480 e. The van der Waals surface area contributed by atoms with E-state index in [0.717, 1.165) is 24.3 Å². The Hall–Kier alpha value is -3.82. The lowest BCUT2D eigenvalue weighted by Crippen LogP contribution is -2.45. The Bertz CT molecular complexity index is 1320. The van der Waals surface area contributed by atoms with Gasteiger partial charge in [0.25, 0.3) is 11.8 Å². The second-order valence-corrected chi connectivity index (χ2v) is 8.71. The molecule has 0 fully saturated rings. The van der Waals surface area contributed by atoms with Crippen LogP contribution >= 0.6 is 23.2 Å². The lowest BCUT2D eigenvalue weighted by Gasteiger charge is -2.17. The minimum absolute atomic E-state index is 0.0408.